The third-order valence-electron chi connectivity index (χ3n) is 5.02. The van der Waals surface area contributed by atoms with Gasteiger partial charge in [0, 0.05) is 17.5 Å². The van der Waals surface area contributed by atoms with E-state index in [0.29, 0.717) is 12.8 Å². The lowest BCUT2D eigenvalue weighted by atomic mass is 9.92. The molecule has 3 aromatic rings. The van der Waals surface area contributed by atoms with Gasteiger partial charge >= 0.3 is 0 Å². The fourth-order valence-corrected chi connectivity index (χ4v) is 3.61. The van der Waals surface area contributed by atoms with Crippen LogP contribution in [0.4, 0.5) is 0 Å². The Morgan fingerprint density at radius 3 is 2.44 bits per heavy atom. The molecule has 2 heterocycles. The molecule has 0 radical (unpaired) electrons. The molecule has 4 nitrogen and oxygen atoms in total. The lowest BCUT2D eigenvalue weighted by Gasteiger charge is -2.12. The molecule has 4 heteroatoms. The molecule has 0 saturated carbocycles. The number of aliphatic imine (C=N–C) groups is 1. The zero-order valence-corrected chi connectivity index (χ0v) is 15.8. The predicted molar refractivity (Wildman–Crippen MR) is 106 cm³/mol. The summed E-state index contributed by atoms with van der Waals surface area (Å²) in [6.45, 7) is 5.65. The molecule has 1 aliphatic heterocycles. The Kier molecular flexibility index (Phi) is 4.48. The highest BCUT2D eigenvalue weighted by molar-refractivity contribution is 6.17. The summed E-state index contributed by atoms with van der Waals surface area (Å²) in [5, 5.41) is 4.20. The number of carbonyl (C=O) groups is 1. The number of rotatable bonds is 4. The van der Waals surface area contributed by atoms with E-state index in [1.807, 2.05) is 19.1 Å². The Hall–Kier alpha value is -3.01. The van der Waals surface area contributed by atoms with Gasteiger partial charge in [0.25, 0.3) is 0 Å². The minimum absolute atomic E-state index is 0.154. The summed E-state index contributed by atoms with van der Waals surface area (Å²) in [7, 11) is 0. The highest BCUT2D eigenvalue weighted by Crippen LogP contribution is 2.41. The zero-order valence-electron chi connectivity index (χ0n) is 15.8. The van der Waals surface area contributed by atoms with Gasteiger partial charge in [0.2, 0.25) is 0 Å². The van der Waals surface area contributed by atoms with Crippen LogP contribution in [-0.2, 0) is 4.79 Å². The normalized spacial score (nSPS) is 15.5. The molecule has 1 aromatic heterocycles. The van der Waals surface area contributed by atoms with Crippen molar-refractivity contribution in [1.82, 2.24) is 5.16 Å². The zero-order chi connectivity index (χ0) is 19.0. The van der Waals surface area contributed by atoms with Gasteiger partial charge in [-0.2, -0.15) is 0 Å². The van der Waals surface area contributed by atoms with Crippen molar-refractivity contribution in [2.75, 3.05) is 0 Å². The largest absolute Gasteiger partial charge is 0.358 e. The maximum Gasteiger partial charge on any atom is 0.169 e. The van der Waals surface area contributed by atoms with Crippen molar-refractivity contribution in [1.29, 1.82) is 0 Å². The van der Waals surface area contributed by atoms with E-state index in [9.17, 15) is 4.79 Å². The van der Waals surface area contributed by atoms with Gasteiger partial charge in [-0.1, -0.05) is 59.3 Å². The van der Waals surface area contributed by atoms with Crippen LogP contribution in [0, 0.1) is 13.8 Å². The van der Waals surface area contributed by atoms with E-state index in [1.54, 1.807) is 6.92 Å². The number of ketones is 1. The molecule has 0 fully saturated rings. The molecule has 0 saturated heterocycles. The number of benzene rings is 2. The first-order valence-electron chi connectivity index (χ1n) is 9.25. The SMILES string of the molecule is CC(=O)CC[C@@H]1N=C(c2ccc(C)cc2)c2ccccc2-c2c(C)noc21. The minimum Gasteiger partial charge on any atom is -0.358 e. The molecule has 136 valence electrons. The second-order valence-electron chi connectivity index (χ2n) is 7.15. The molecule has 0 unspecified atom stereocenters. The maximum atomic E-state index is 11.6. The molecule has 2 aromatic carbocycles. The number of nitrogens with zero attached hydrogens (tertiary/aromatic N) is 2. The molecule has 27 heavy (non-hydrogen) atoms. The van der Waals surface area contributed by atoms with Crippen molar-refractivity contribution >= 4 is 11.5 Å². The average molecular weight is 358 g/mol. The monoisotopic (exact) mass is 358 g/mol. The fraction of sp³-hybridized carbons (Fsp3) is 0.261. The van der Waals surface area contributed by atoms with Crippen LogP contribution in [0.1, 0.15) is 54.0 Å². The molecule has 1 atom stereocenters. The Labute approximate surface area is 158 Å². The second kappa shape index (κ2) is 6.95. The molecule has 1 aliphatic rings. The average Bonchev–Trinajstić information content (AvgIpc) is 2.97. The van der Waals surface area contributed by atoms with Crippen molar-refractivity contribution in [2.45, 2.75) is 39.7 Å². The van der Waals surface area contributed by atoms with Crippen molar-refractivity contribution < 1.29 is 9.32 Å². The van der Waals surface area contributed by atoms with Crippen LogP contribution in [0.25, 0.3) is 11.1 Å². The smallest absolute Gasteiger partial charge is 0.169 e. The minimum atomic E-state index is -0.228. The van der Waals surface area contributed by atoms with Crippen molar-refractivity contribution in [2.24, 2.45) is 4.99 Å². The van der Waals surface area contributed by atoms with E-state index in [2.05, 4.69) is 48.5 Å². The van der Waals surface area contributed by atoms with E-state index in [1.165, 1.54) is 5.56 Å². The van der Waals surface area contributed by atoms with Crippen LogP contribution >= 0.6 is 0 Å². The first-order valence-corrected chi connectivity index (χ1v) is 9.25. The molecular formula is C23H22N2O2. The molecule has 0 N–H and O–H groups in total. The van der Waals surface area contributed by atoms with Crippen LogP contribution in [0.3, 0.4) is 0 Å². The number of hydrogen-bond donors (Lipinski definition) is 0. The number of fused-ring (bicyclic) bond motifs is 3. The standard InChI is InChI=1S/C23H22N2O2/c1-14-8-11-17(12-9-14)22-19-7-5-4-6-18(19)21-16(3)25-27-23(21)20(24-22)13-10-15(2)26/h4-9,11-12,20H,10,13H2,1-3H3/t20-/m0/s1. The van der Waals surface area contributed by atoms with Gasteiger partial charge in [-0.05, 0) is 32.8 Å². The van der Waals surface area contributed by atoms with Crippen LogP contribution in [0.2, 0.25) is 0 Å². The third-order valence-corrected chi connectivity index (χ3v) is 5.02. The van der Waals surface area contributed by atoms with Crippen molar-refractivity contribution in [3.8, 4) is 11.1 Å². The highest BCUT2D eigenvalue weighted by atomic mass is 16.5. The summed E-state index contributed by atoms with van der Waals surface area (Å²) >= 11 is 0. The van der Waals surface area contributed by atoms with E-state index in [4.69, 9.17) is 9.52 Å². The Bertz CT molecular complexity index is 1030. The van der Waals surface area contributed by atoms with E-state index in [0.717, 1.165) is 39.4 Å². The third kappa shape index (κ3) is 3.23. The topological polar surface area (TPSA) is 55.5 Å². The van der Waals surface area contributed by atoms with Crippen LogP contribution < -0.4 is 0 Å². The second-order valence-corrected chi connectivity index (χ2v) is 7.15. The summed E-state index contributed by atoms with van der Waals surface area (Å²) in [6, 6.07) is 16.4. The summed E-state index contributed by atoms with van der Waals surface area (Å²) in [6.07, 6.45) is 1.07. The lowest BCUT2D eigenvalue weighted by Crippen LogP contribution is -2.06. The van der Waals surface area contributed by atoms with E-state index >= 15 is 0 Å². The summed E-state index contributed by atoms with van der Waals surface area (Å²) in [4.78, 5) is 16.7. The Morgan fingerprint density at radius 2 is 1.74 bits per heavy atom. The quantitative estimate of drug-likeness (QED) is 0.642. The van der Waals surface area contributed by atoms with Crippen LogP contribution in [0.5, 0.6) is 0 Å². The number of aryl methyl sites for hydroxylation is 2. The summed E-state index contributed by atoms with van der Waals surface area (Å²) in [5.74, 6) is 0.907. The number of aromatic nitrogens is 1. The summed E-state index contributed by atoms with van der Waals surface area (Å²) < 4.78 is 5.70. The van der Waals surface area contributed by atoms with Crippen molar-refractivity contribution in [3.63, 3.8) is 0 Å². The van der Waals surface area contributed by atoms with Gasteiger partial charge in [-0.3, -0.25) is 4.99 Å². The van der Waals surface area contributed by atoms with Gasteiger partial charge in [0.05, 0.1) is 17.0 Å². The first-order chi connectivity index (χ1) is 13.0. The van der Waals surface area contributed by atoms with Crippen LogP contribution in [-0.4, -0.2) is 16.7 Å². The number of Topliss-reactive ketones (excluding diaryl/α,β-unsaturated/α-hetero) is 1. The van der Waals surface area contributed by atoms with E-state index < -0.39 is 0 Å². The first kappa shape index (κ1) is 17.4. The Morgan fingerprint density at radius 1 is 1.04 bits per heavy atom. The molecule has 4 rings (SSSR count). The number of carbonyl (C=O) groups excluding carboxylic acids is 1. The fourth-order valence-electron chi connectivity index (χ4n) is 3.61. The summed E-state index contributed by atoms with van der Waals surface area (Å²) in [5.41, 5.74) is 7.22. The Balaban J connectivity index is 1.94. The van der Waals surface area contributed by atoms with Crippen LogP contribution in [0.15, 0.2) is 58.0 Å². The molecular weight excluding hydrogens is 336 g/mol. The number of hydrogen-bond acceptors (Lipinski definition) is 4. The predicted octanol–water partition coefficient (Wildman–Crippen LogP) is 5.22. The maximum absolute atomic E-state index is 11.6. The lowest BCUT2D eigenvalue weighted by molar-refractivity contribution is -0.117. The molecule has 0 spiro atoms. The van der Waals surface area contributed by atoms with Gasteiger partial charge < -0.3 is 9.32 Å². The van der Waals surface area contributed by atoms with E-state index in [-0.39, 0.29) is 11.8 Å². The van der Waals surface area contributed by atoms with Gasteiger partial charge in [0.15, 0.2) is 5.76 Å². The highest BCUT2D eigenvalue weighted by Gasteiger charge is 2.30. The van der Waals surface area contributed by atoms with Crippen molar-refractivity contribution in [3.05, 3.63) is 76.7 Å². The van der Waals surface area contributed by atoms with Gasteiger partial charge in [0.1, 0.15) is 11.8 Å². The molecule has 0 amide bonds. The molecule has 0 bridgehead atoms. The van der Waals surface area contributed by atoms with Gasteiger partial charge in [-0.15, -0.1) is 0 Å². The van der Waals surface area contributed by atoms with Gasteiger partial charge in [-0.25, -0.2) is 0 Å². The molecule has 0 aliphatic carbocycles.